The fourth-order valence-electron chi connectivity index (χ4n) is 1.96. The van der Waals surface area contributed by atoms with Gasteiger partial charge in [-0.05, 0) is 30.3 Å². The molecule has 3 heteroatoms. The minimum Gasteiger partial charge on any atom is -0.507 e. The number of thioether (sulfide) groups is 2. The zero-order valence-electron chi connectivity index (χ0n) is 13.4. The van der Waals surface area contributed by atoms with Crippen LogP contribution in [0.4, 0.5) is 0 Å². The van der Waals surface area contributed by atoms with Crippen LogP contribution in [0.5, 0.6) is 5.75 Å². The Kier molecular flexibility index (Phi) is 7.90. The Morgan fingerprint density at radius 2 is 1.30 bits per heavy atom. The van der Waals surface area contributed by atoms with Crippen LogP contribution >= 0.6 is 23.5 Å². The summed E-state index contributed by atoms with van der Waals surface area (Å²) in [7, 11) is 0. The first-order valence-electron chi connectivity index (χ1n) is 7.37. The number of hydrogen-bond donors (Lipinski definition) is 1. The van der Waals surface area contributed by atoms with Gasteiger partial charge in [0.15, 0.2) is 0 Å². The number of phenolic OH excluding ortho intramolecular Hbond substituents is 1. The molecule has 0 fully saturated rings. The highest BCUT2D eigenvalue weighted by atomic mass is 32.2. The molecule has 1 aromatic rings. The van der Waals surface area contributed by atoms with Crippen LogP contribution in [-0.2, 0) is 11.5 Å². The van der Waals surface area contributed by atoms with Crippen LogP contribution in [0.25, 0.3) is 0 Å². The Labute approximate surface area is 132 Å². The van der Waals surface area contributed by atoms with E-state index in [4.69, 9.17) is 0 Å². The first kappa shape index (κ1) is 17.8. The summed E-state index contributed by atoms with van der Waals surface area (Å²) >= 11 is 3.82. The molecular formula is C17H28OS2. The molecule has 114 valence electrons. The van der Waals surface area contributed by atoms with Crippen LogP contribution in [0.2, 0.25) is 0 Å². The molecular weight excluding hydrogens is 284 g/mol. The van der Waals surface area contributed by atoms with E-state index in [2.05, 4.69) is 46.8 Å². The third-order valence-electron chi connectivity index (χ3n) is 2.83. The predicted octanol–water partition coefficient (Wildman–Crippen LogP) is 5.48. The van der Waals surface area contributed by atoms with Gasteiger partial charge in [0, 0.05) is 22.6 Å². The van der Waals surface area contributed by atoms with Crippen LogP contribution in [0.1, 0.15) is 44.4 Å². The van der Waals surface area contributed by atoms with Gasteiger partial charge in [0.05, 0.1) is 0 Å². The lowest BCUT2D eigenvalue weighted by molar-refractivity contribution is 0.465. The van der Waals surface area contributed by atoms with Crippen molar-refractivity contribution in [1.82, 2.24) is 0 Å². The second kappa shape index (κ2) is 8.89. The lowest BCUT2D eigenvalue weighted by Crippen LogP contribution is -1.96. The number of benzene rings is 1. The Morgan fingerprint density at radius 1 is 0.900 bits per heavy atom. The lowest BCUT2D eigenvalue weighted by Gasteiger charge is -2.13. The highest BCUT2D eigenvalue weighted by Crippen LogP contribution is 2.31. The van der Waals surface area contributed by atoms with Gasteiger partial charge in [-0.2, -0.15) is 23.5 Å². The van der Waals surface area contributed by atoms with Crippen molar-refractivity contribution in [2.75, 3.05) is 11.5 Å². The van der Waals surface area contributed by atoms with Crippen molar-refractivity contribution < 1.29 is 5.11 Å². The number of rotatable bonds is 8. The van der Waals surface area contributed by atoms with Gasteiger partial charge >= 0.3 is 0 Å². The normalized spacial score (nSPS) is 11.6. The summed E-state index contributed by atoms with van der Waals surface area (Å²) in [4.78, 5) is 0. The molecule has 1 rings (SSSR count). The van der Waals surface area contributed by atoms with E-state index in [9.17, 15) is 5.11 Å². The van der Waals surface area contributed by atoms with Gasteiger partial charge in [0.25, 0.3) is 0 Å². The first-order chi connectivity index (χ1) is 9.40. The Bertz CT molecular complexity index is 378. The Hall–Kier alpha value is -0.280. The maximum atomic E-state index is 10.4. The monoisotopic (exact) mass is 312 g/mol. The standard InChI is InChI=1S/C17H28OS2/c1-12(2)8-19-10-15-6-14(5)7-16(17(15)18)11-20-9-13(3)4/h6-7,12-13,18H,8-11H2,1-5H3. The van der Waals surface area contributed by atoms with Gasteiger partial charge in [-0.3, -0.25) is 0 Å². The average molecular weight is 313 g/mol. The molecule has 0 aliphatic carbocycles. The maximum Gasteiger partial charge on any atom is 0.123 e. The van der Waals surface area contributed by atoms with Crippen LogP contribution < -0.4 is 0 Å². The summed E-state index contributed by atoms with van der Waals surface area (Å²) in [5, 5.41) is 10.4. The quantitative estimate of drug-likeness (QED) is 0.686. The molecule has 0 aromatic heterocycles. The zero-order chi connectivity index (χ0) is 15.1. The van der Waals surface area contributed by atoms with Crippen LogP contribution in [-0.4, -0.2) is 16.6 Å². The molecule has 0 bridgehead atoms. The third kappa shape index (κ3) is 6.45. The summed E-state index contributed by atoms with van der Waals surface area (Å²) in [5.74, 6) is 6.03. The van der Waals surface area contributed by atoms with Gasteiger partial charge in [-0.1, -0.05) is 45.4 Å². The molecule has 0 atom stereocenters. The number of hydrogen-bond acceptors (Lipinski definition) is 3. The van der Waals surface area contributed by atoms with Crippen molar-refractivity contribution in [2.24, 2.45) is 11.8 Å². The summed E-state index contributed by atoms with van der Waals surface area (Å²) in [6, 6.07) is 4.25. The SMILES string of the molecule is Cc1cc(CSCC(C)C)c(O)c(CSCC(C)C)c1. The first-order valence-corrected chi connectivity index (χ1v) is 9.68. The molecule has 1 aromatic carbocycles. The van der Waals surface area contributed by atoms with Gasteiger partial charge in [-0.15, -0.1) is 0 Å². The molecule has 0 amide bonds. The molecule has 1 N–H and O–H groups in total. The summed E-state index contributed by atoms with van der Waals surface area (Å²) < 4.78 is 0. The molecule has 0 spiro atoms. The average Bonchev–Trinajstić information content (AvgIpc) is 2.33. The fourth-order valence-corrected chi connectivity index (χ4v) is 4.02. The Balaban J connectivity index is 2.68. The van der Waals surface area contributed by atoms with E-state index in [0.717, 1.165) is 34.1 Å². The van der Waals surface area contributed by atoms with Crippen molar-refractivity contribution in [3.05, 3.63) is 28.8 Å². The molecule has 0 aliphatic heterocycles. The van der Waals surface area contributed by atoms with Gasteiger partial charge in [0.2, 0.25) is 0 Å². The van der Waals surface area contributed by atoms with E-state index in [1.54, 1.807) is 0 Å². The van der Waals surface area contributed by atoms with Crippen molar-refractivity contribution in [3.8, 4) is 5.75 Å². The highest BCUT2D eigenvalue weighted by molar-refractivity contribution is 7.98. The van der Waals surface area contributed by atoms with E-state index in [1.165, 1.54) is 5.56 Å². The van der Waals surface area contributed by atoms with Gasteiger partial charge < -0.3 is 5.11 Å². The van der Waals surface area contributed by atoms with E-state index in [1.807, 2.05) is 23.5 Å². The Morgan fingerprint density at radius 3 is 1.65 bits per heavy atom. The topological polar surface area (TPSA) is 20.2 Å². The van der Waals surface area contributed by atoms with Crippen LogP contribution in [0.15, 0.2) is 12.1 Å². The minimum atomic E-state index is 0.517. The summed E-state index contributed by atoms with van der Waals surface area (Å²) in [6.45, 7) is 11.1. The highest BCUT2D eigenvalue weighted by Gasteiger charge is 2.10. The zero-order valence-corrected chi connectivity index (χ0v) is 15.0. The molecule has 0 radical (unpaired) electrons. The fraction of sp³-hybridized carbons (Fsp3) is 0.647. The molecule has 0 aliphatic rings. The van der Waals surface area contributed by atoms with E-state index in [0.29, 0.717) is 17.6 Å². The second-order valence-electron chi connectivity index (χ2n) is 6.25. The number of phenols is 1. The summed E-state index contributed by atoms with van der Waals surface area (Å²) in [6.07, 6.45) is 0. The van der Waals surface area contributed by atoms with Crippen molar-refractivity contribution in [2.45, 2.75) is 46.1 Å². The van der Waals surface area contributed by atoms with E-state index >= 15 is 0 Å². The van der Waals surface area contributed by atoms with Crippen LogP contribution in [0.3, 0.4) is 0 Å². The third-order valence-corrected chi connectivity index (χ3v) is 5.66. The van der Waals surface area contributed by atoms with Crippen molar-refractivity contribution in [1.29, 1.82) is 0 Å². The smallest absolute Gasteiger partial charge is 0.123 e. The molecule has 1 nitrogen and oxygen atoms in total. The van der Waals surface area contributed by atoms with E-state index in [-0.39, 0.29) is 0 Å². The summed E-state index contributed by atoms with van der Waals surface area (Å²) in [5.41, 5.74) is 3.44. The van der Waals surface area contributed by atoms with Crippen molar-refractivity contribution in [3.63, 3.8) is 0 Å². The van der Waals surface area contributed by atoms with Crippen LogP contribution in [0, 0.1) is 18.8 Å². The minimum absolute atomic E-state index is 0.517. The number of aryl methyl sites for hydroxylation is 1. The molecule has 0 saturated heterocycles. The maximum absolute atomic E-state index is 10.4. The largest absolute Gasteiger partial charge is 0.507 e. The lowest BCUT2D eigenvalue weighted by atomic mass is 10.1. The van der Waals surface area contributed by atoms with E-state index < -0.39 is 0 Å². The molecule has 0 heterocycles. The van der Waals surface area contributed by atoms with Crippen molar-refractivity contribution >= 4 is 23.5 Å². The predicted molar refractivity (Wildman–Crippen MR) is 94.8 cm³/mol. The molecule has 0 saturated carbocycles. The molecule has 20 heavy (non-hydrogen) atoms. The second-order valence-corrected chi connectivity index (χ2v) is 8.31. The molecule has 0 unspecified atom stereocenters. The van der Waals surface area contributed by atoms with Gasteiger partial charge in [-0.25, -0.2) is 0 Å². The van der Waals surface area contributed by atoms with Gasteiger partial charge in [0.1, 0.15) is 5.75 Å². The number of aromatic hydroxyl groups is 1.